The van der Waals surface area contributed by atoms with Crippen molar-refractivity contribution in [3.63, 3.8) is 0 Å². The van der Waals surface area contributed by atoms with Crippen molar-refractivity contribution >= 4 is 0 Å². The van der Waals surface area contributed by atoms with Gasteiger partial charge in [-0.2, -0.15) is 0 Å². The van der Waals surface area contributed by atoms with E-state index in [2.05, 4.69) is 28.6 Å². The lowest BCUT2D eigenvalue weighted by molar-refractivity contribution is 0.396. The van der Waals surface area contributed by atoms with Gasteiger partial charge < -0.3 is 10.3 Å². The number of aromatic nitrogens is 3. The SMILES string of the molecule is CC[C@H](C)[C@H](N)c1nnc(C)n1C1CCCC1. The monoisotopic (exact) mass is 236 g/mol. The molecule has 2 N–H and O–H groups in total. The summed E-state index contributed by atoms with van der Waals surface area (Å²) in [6.45, 7) is 6.40. The van der Waals surface area contributed by atoms with Gasteiger partial charge >= 0.3 is 0 Å². The molecular weight excluding hydrogens is 212 g/mol. The van der Waals surface area contributed by atoms with Gasteiger partial charge in [0.05, 0.1) is 6.04 Å². The van der Waals surface area contributed by atoms with Gasteiger partial charge in [-0.05, 0) is 25.7 Å². The molecule has 0 unspecified atom stereocenters. The molecule has 0 bridgehead atoms. The number of aryl methyl sites for hydroxylation is 1. The first-order chi connectivity index (χ1) is 8.15. The quantitative estimate of drug-likeness (QED) is 0.874. The molecule has 2 atom stereocenters. The molecule has 1 aliphatic carbocycles. The van der Waals surface area contributed by atoms with Crippen LogP contribution < -0.4 is 5.73 Å². The summed E-state index contributed by atoms with van der Waals surface area (Å²) >= 11 is 0. The van der Waals surface area contributed by atoms with Crippen LogP contribution in [0.4, 0.5) is 0 Å². The summed E-state index contributed by atoms with van der Waals surface area (Å²) in [4.78, 5) is 0. The van der Waals surface area contributed by atoms with Crippen molar-refractivity contribution in [2.75, 3.05) is 0 Å². The average molecular weight is 236 g/mol. The summed E-state index contributed by atoms with van der Waals surface area (Å²) < 4.78 is 2.30. The van der Waals surface area contributed by atoms with E-state index >= 15 is 0 Å². The molecule has 1 aliphatic rings. The fourth-order valence-electron chi connectivity index (χ4n) is 2.74. The summed E-state index contributed by atoms with van der Waals surface area (Å²) in [5, 5.41) is 8.55. The first-order valence-corrected chi connectivity index (χ1v) is 6.82. The van der Waals surface area contributed by atoms with Crippen LogP contribution in [0.15, 0.2) is 0 Å². The van der Waals surface area contributed by atoms with E-state index in [0.717, 1.165) is 18.1 Å². The van der Waals surface area contributed by atoms with Crippen molar-refractivity contribution in [2.45, 2.75) is 65.0 Å². The number of nitrogens with two attached hydrogens (primary N) is 1. The first kappa shape index (κ1) is 12.6. The zero-order valence-corrected chi connectivity index (χ0v) is 11.2. The van der Waals surface area contributed by atoms with Gasteiger partial charge in [-0.3, -0.25) is 0 Å². The third-order valence-corrected chi connectivity index (χ3v) is 4.14. The van der Waals surface area contributed by atoms with E-state index in [0.29, 0.717) is 12.0 Å². The molecule has 17 heavy (non-hydrogen) atoms. The molecule has 1 fully saturated rings. The summed E-state index contributed by atoms with van der Waals surface area (Å²) in [6, 6.07) is 0.594. The van der Waals surface area contributed by atoms with Gasteiger partial charge in [-0.25, -0.2) is 0 Å². The fraction of sp³-hybridized carbons (Fsp3) is 0.846. The second kappa shape index (κ2) is 5.17. The van der Waals surface area contributed by atoms with Crippen molar-refractivity contribution in [1.29, 1.82) is 0 Å². The van der Waals surface area contributed by atoms with E-state index in [1.807, 2.05) is 6.92 Å². The topological polar surface area (TPSA) is 56.7 Å². The number of rotatable bonds is 4. The maximum absolute atomic E-state index is 6.31. The van der Waals surface area contributed by atoms with Gasteiger partial charge in [0.25, 0.3) is 0 Å². The highest BCUT2D eigenvalue weighted by Gasteiger charge is 2.26. The molecule has 0 aromatic carbocycles. The molecule has 0 spiro atoms. The van der Waals surface area contributed by atoms with Crippen molar-refractivity contribution in [3.05, 3.63) is 11.6 Å². The van der Waals surface area contributed by atoms with Crippen molar-refractivity contribution in [3.8, 4) is 0 Å². The Balaban J connectivity index is 2.28. The Morgan fingerprint density at radius 3 is 2.59 bits per heavy atom. The van der Waals surface area contributed by atoms with Crippen LogP contribution in [-0.2, 0) is 0 Å². The number of hydrogen-bond acceptors (Lipinski definition) is 3. The molecule has 4 heteroatoms. The molecule has 0 amide bonds. The Morgan fingerprint density at radius 1 is 1.35 bits per heavy atom. The average Bonchev–Trinajstić information content (AvgIpc) is 2.95. The Morgan fingerprint density at radius 2 is 2.00 bits per heavy atom. The van der Waals surface area contributed by atoms with Gasteiger partial charge in [-0.15, -0.1) is 10.2 Å². The standard InChI is InChI=1S/C13H24N4/c1-4-9(2)12(14)13-16-15-10(3)17(13)11-7-5-6-8-11/h9,11-12H,4-8,14H2,1-3H3/t9-,12-/m0/s1. The van der Waals surface area contributed by atoms with Crippen LogP contribution in [0, 0.1) is 12.8 Å². The summed E-state index contributed by atoms with van der Waals surface area (Å²) in [5.74, 6) is 2.47. The summed E-state index contributed by atoms with van der Waals surface area (Å²) in [5.41, 5.74) is 6.31. The third-order valence-electron chi connectivity index (χ3n) is 4.14. The van der Waals surface area contributed by atoms with Gasteiger partial charge in [0, 0.05) is 6.04 Å². The third kappa shape index (κ3) is 2.37. The predicted octanol–water partition coefficient (Wildman–Crippen LogP) is 2.75. The van der Waals surface area contributed by atoms with Crippen molar-refractivity contribution in [2.24, 2.45) is 11.7 Å². The first-order valence-electron chi connectivity index (χ1n) is 6.82. The molecular formula is C13H24N4. The Bertz CT molecular complexity index is 365. The van der Waals surface area contributed by atoms with Crippen LogP contribution in [0.2, 0.25) is 0 Å². The minimum atomic E-state index is 0.0156. The minimum Gasteiger partial charge on any atom is -0.321 e. The van der Waals surface area contributed by atoms with Crippen LogP contribution >= 0.6 is 0 Å². The molecule has 1 aromatic rings. The molecule has 96 valence electrons. The molecule has 1 aromatic heterocycles. The van der Waals surface area contributed by atoms with Crippen molar-refractivity contribution < 1.29 is 0 Å². The summed E-state index contributed by atoms with van der Waals surface area (Å²) in [7, 11) is 0. The Hall–Kier alpha value is -0.900. The predicted molar refractivity (Wildman–Crippen MR) is 68.6 cm³/mol. The number of hydrogen-bond donors (Lipinski definition) is 1. The van der Waals surface area contributed by atoms with E-state index in [1.54, 1.807) is 0 Å². The molecule has 4 nitrogen and oxygen atoms in total. The highest BCUT2D eigenvalue weighted by atomic mass is 15.3. The maximum Gasteiger partial charge on any atom is 0.150 e. The van der Waals surface area contributed by atoms with Crippen LogP contribution in [0.25, 0.3) is 0 Å². The lowest BCUT2D eigenvalue weighted by atomic mass is 9.99. The normalized spacial score (nSPS) is 20.7. The second-order valence-corrected chi connectivity index (χ2v) is 5.33. The van der Waals surface area contributed by atoms with Crippen LogP contribution in [0.3, 0.4) is 0 Å². The van der Waals surface area contributed by atoms with E-state index in [1.165, 1.54) is 25.7 Å². The Labute approximate surface area is 104 Å². The van der Waals surface area contributed by atoms with Crippen LogP contribution in [0.1, 0.15) is 69.7 Å². The molecule has 0 radical (unpaired) electrons. The smallest absolute Gasteiger partial charge is 0.150 e. The highest BCUT2D eigenvalue weighted by Crippen LogP contribution is 2.33. The molecule has 1 heterocycles. The minimum absolute atomic E-state index is 0.0156. The van der Waals surface area contributed by atoms with Crippen LogP contribution in [-0.4, -0.2) is 14.8 Å². The molecule has 2 rings (SSSR count). The van der Waals surface area contributed by atoms with Gasteiger partial charge in [0.2, 0.25) is 0 Å². The summed E-state index contributed by atoms with van der Waals surface area (Å²) in [6.07, 6.45) is 6.22. The van der Waals surface area contributed by atoms with E-state index in [-0.39, 0.29) is 6.04 Å². The molecule has 0 aliphatic heterocycles. The van der Waals surface area contributed by atoms with E-state index < -0.39 is 0 Å². The fourth-order valence-corrected chi connectivity index (χ4v) is 2.74. The zero-order valence-electron chi connectivity index (χ0n) is 11.2. The second-order valence-electron chi connectivity index (χ2n) is 5.33. The van der Waals surface area contributed by atoms with E-state index in [9.17, 15) is 0 Å². The van der Waals surface area contributed by atoms with Gasteiger partial charge in [0.1, 0.15) is 5.82 Å². The Kier molecular flexibility index (Phi) is 3.82. The molecule has 0 saturated heterocycles. The number of nitrogens with zero attached hydrogens (tertiary/aromatic N) is 3. The largest absolute Gasteiger partial charge is 0.321 e. The van der Waals surface area contributed by atoms with Gasteiger partial charge in [0.15, 0.2) is 5.82 Å². The maximum atomic E-state index is 6.31. The van der Waals surface area contributed by atoms with Gasteiger partial charge in [-0.1, -0.05) is 33.1 Å². The van der Waals surface area contributed by atoms with Crippen LogP contribution in [0.5, 0.6) is 0 Å². The van der Waals surface area contributed by atoms with E-state index in [4.69, 9.17) is 5.73 Å². The highest BCUT2D eigenvalue weighted by molar-refractivity contribution is 5.04. The lowest BCUT2D eigenvalue weighted by Crippen LogP contribution is -2.24. The lowest BCUT2D eigenvalue weighted by Gasteiger charge is -2.22. The molecule has 1 saturated carbocycles. The van der Waals surface area contributed by atoms with Crippen molar-refractivity contribution in [1.82, 2.24) is 14.8 Å². The zero-order chi connectivity index (χ0) is 12.4.